The molecule has 2 fully saturated rings. The van der Waals surface area contributed by atoms with Gasteiger partial charge in [-0.25, -0.2) is 0 Å². The molecule has 0 saturated carbocycles. The summed E-state index contributed by atoms with van der Waals surface area (Å²) in [6.07, 6.45) is 4.61. The normalized spacial score (nSPS) is 37.3. The highest BCUT2D eigenvalue weighted by Crippen LogP contribution is 2.38. The Morgan fingerprint density at radius 1 is 1.26 bits per heavy atom. The smallest absolute Gasteiger partial charge is 0.186 e. The Morgan fingerprint density at radius 2 is 1.96 bits per heavy atom. The second kappa shape index (κ2) is 8.08. The van der Waals surface area contributed by atoms with E-state index in [9.17, 15) is 5.11 Å². The largest absolute Gasteiger partial charge is 0.385 e. The molecular formula is C18H32O5. The van der Waals surface area contributed by atoms with Gasteiger partial charge in [0.2, 0.25) is 0 Å². The van der Waals surface area contributed by atoms with E-state index >= 15 is 0 Å². The summed E-state index contributed by atoms with van der Waals surface area (Å²) >= 11 is 0. The van der Waals surface area contributed by atoms with Gasteiger partial charge in [-0.1, -0.05) is 32.3 Å². The average Bonchev–Trinajstić information content (AvgIpc) is 2.81. The Labute approximate surface area is 139 Å². The SMILES string of the molecule is C=CC[C@H](CCCCC)O[C@@H]1O[C@H](C)[C@@H]2OC(C)(C)O[C@@H]2[C@H]1O. The molecule has 0 aliphatic carbocycles. The summed E-state index contributed by atoms with van der Waals surface area (Å²) in [5.74, 6) is -0.704. The summed E-state index contributed by atoms with van der Waals surface area (Å²) in [6.45, 7) is 11.6. The van der Waals surface area contributed by atoms with Crippen molar-refractivity contribution in [3.63, 3.8) is 0 Å². The number of aliphatic hydroxyl groups is 1. The fourth-order valence-corrected chi connectivity index (χ4v) is 3.32. The minimum absolute atomic E-state index is 0.0118. The minimum Gasteiger partial charge on any atom is -0.385 e. The van der Waals surface area contributed by atoms with Crippen LogP contribution in [-0.4, -0.2) is 47.7 Å². The molecule has 0 aromatic rings. The van der Waals surface area contributed by atoms with Crippen LogP contribution in [-0.2, 0) is 18.9 Å². The van der Waals surface area contributed by atoms with Crippen LogP contribution in [0.3, 0.4) is 0 Å². The number of ether oxygens (including phenoxy) is 4. The molecule has 2 rings (SSSR count). The Hall–Kier alpha value is -0.460. The molecule has 0 aromatic carbocycles. The van der Waals surface area contributed by atoms with E-state index in [1.54, 1.807) is 0 Å². The van der Waals surface area contributed by atoms with E-state index in [4.69, 9.17) is 18.9 Å². The Balaban J connectivity index is 1.97. The van der Waals surface area contributed by atoms with Gasteiger partial charge in [0.15, 0.2) is 12.1 Å². The summed E-state index contributed by atoms with van der Waals surface area (Å²) < 4.78 is 23.6. The molecule has 5 heteroatoms. The van der Waals surface area contributed by atoms with Gasteiger partial charge in [0.1, 0.15) is 18.3 Å². The fraction of sp³-hybridized carbons (Fsp3) is 0.889. The molecule has 0 aromatic heterocycles. The van der Waals surface area contributed by atoms with Crippen molar-refractivity contribution >= 4 is 0 Å². The monoisotopic (exact) mass is 328 g/mol. The van der Waals surface area contributed by atoms with Crippen molar-refractivity contribution in [3.8, 4) is 0 Å². The van der Waals surface area contributed by atoms with Gasteiger partial charge in [0.25, 0.3) is 0 Å². The highest BCUT2D eigenvalue weighted by atomic mass is 16.8. The van der Waals surface area contributed by atoms with Crippen molar-refractivity contribution in [2.45, 2.75) is 102 Å². The molecule has 0 amide bonds. The van der Waals surface area contributed by atoms with Crippen molar-refractivity contribution in [1.82, 2.24) is 0 Å². The van der Waals surface area contributed by atoms with Gasteiger partial charge in [-0.15, -0.1) is 6.58 Å². The number of aliphatic hydroxyl groups excluding tert-OH is 1. The first-order valence-corrected chi connectivity index (χ1v) is 8.83. The van der Waals surface area contributed by atoms with Gasteiger partial charge in [0, 0.05) is 0 Å². The van der Waals surface area contributed by atoms with Crippen molar-refractivity contribution in [2.24, 2.45) is 0 Å². The number of hydrogen-bond donors (Lipinski definition) is 1. The fourth-order valence-electron chi connectivity index (χ4n) is 3.32. The van der Waals surface area contributed by atoms with Crippen LogP contribution >= 0.6 is 0 Å². The first kappa shape index (κ1) is 18.9. The summed E-state index contributed by atoms with van der Waals surface area (Å²) in [7, 11) is 0. The summed E-state index contributed by atoms with van der Waals surface area (Å²) in [5, 5.41) is 10.6. The number of rotatable bonds is 8. The predicted octanol–water partition coefficient (Wildman–Crippen LogP) is 3.15. The average molecular weight is 328 g/mol. The predicted molar refractivity (Wildman–Crippen MR) is 88.0 cm³/mol. The van der Waals surface area contributed by atoms with Gasteiger partial charge in [-0.2, -0.15) is 0 Å². The maximum Gasteiger partial charge on any atom is 0.186 e. The number of hydrogen-bond acceptors (Lipinski definition) is 5. The van der Waals surface area contributed by atoms with E-state index in [2.05, 4.69) is 13.5 Å². The first-order chi connectivity index (χ1) is 10.9. The molecule has 5 nitrogen and oxygen atoms in total. The van der Waals surface area contributed by atoms with E-state index < -0.39 is 24.3 Å². The third-order valence-corrected chi connectivity index (χ3v) is 4.48. The molecule has 2 saturated heterocycles. The molecule has 23 heavy (non-hydrogen) atoms. The first-order valence-electron chi connectivity index (χ1n) is 8.83. The lowest BCUT2D eigenvalue weighted by atomic mass is 10.00. The molecule has 0 spiro atoms. The van der Waals surface area contributed by atoms with E-state index in [1.165, 1.54) is 12.8 Å². The van der Waals surface area contributed by atoms with Gasteiger partial charge in [-0.05, 0) is 33.6 Å². The Morgan fingerprint density at radius 3 is 2.61 bits per heavy atom. The van der Waals surface area contributed by atoms with Crippen molar-refractivity contribution in [1.29, 1.82) is 0 Å². The maximum absolute atomic E-state index is 10.6. The van der Waals surface area contributed by atoms with Crippen LogP contribution in [0, 0.1) is 0 Å². The van der Waals surface area contributed by atoms with Gasteiger partial charge < -0.3 is 24.1 Å². The molecule has 6 atom stereocenters. The van der Waals surface area contributed by atoms with Crippen molar-refractivity contribution in [3.05, 3.63) is 12.7 Å². The van der Waals surface area contributed by atoms with Crippen LogP contribution < -0.4 is 0 Å². The van der Waals surface area contributed by atoms with Gasteiger partial charge in [-0.3, -0.25) is 0 Å². The van der Waals surface area contributed by atoms with E-state index in [0.717, 1.165) is 19.3 Å². The highest BCUT2D eigenvalue weighted by molar-refractivity contribution is 4.95. The molecule has 2 aliphatic rings. The Kier molecular flexibility index (Phi) is 6.63. The maximum atomic E-state index is 10.6. The quantitative estimate of drug-likeness (QED) is 0.548. The summed E-state index contributed by atoms with van der Waals surface area (Å²) in [4.78, 5) is 0. The lowest BCUT2D eigenvalue weighted by Gasteiger charge is -2.39. The molecule has 0 unspecified atom stereocenters. The highest BCUT2D eigenvalue weighted by Gasteiger charge is 2.54. The van der Waals surface area contributed by atoms with E-state index in [-0.39, 0.29) is 18.3 Å². The van der Waals surface area contributed by atoms with Crippen molar-refractivity contribution < 1.29 is 24.1 Å². The molecular weight excluding hydrogens is 296 g/mol. The second-order valence-electron chi connectivity index (χ2n) is 7.04. The zero-order valence-electron chi connectivity index (χ0n) is 14.9. The van der Waals surface area contributed by atoms with Gasteiger partial charge >= 0.3 is 0 Å². The van der Waals surface area contributed by atoms with Crippen molar-refractivity contribution in [2.75, 3.05) is 0 Å². The zero-order valence-corrected chi connectivity index (χ0v) is 14.9. The molecule has 1 N–H and O–H groups in total. The standard InChI is InChI=1S/C18H32O5/c1-6-8-9-11-13(10-7-2)21-17-14(19)16-15(12(3)20-17)22-18(4,5)23-16/h7,12-17,19H,2,6,8-11H2,1,3-5H3/t12-,13-,14-,15+,16-,17+/m1/s1. The van der Waals surface area contributed by atoms with Crippen LogP contribution in [0.4, 0.5) is 0 Å². The lowest BCUT2D eigenvalue weighted by Crippen LogP contribution is -2.56. The molecule has 134 valence electrons. The molecule has 0 radical (unpaired) electrons. The number of fused-ring (bicyclic) bond motifs is 1. The van der Waals surface area contributed by atoms with Crippen LogP contribution in [0.1, 0.15) is 59.8 Å². The topological polar surface area (TPSA) is 57.2 Å². The summed E-state index contributed by atoms with van der Waals surface area (Å²) in [6, 6.07) is 0. The van der Waals surface area contributed by atoms with Crippen LogP contribution in [0.2, 0.25) is 0 Å². The van der Waals surface area contributed by atoms with Crippen LogP contribution in [0.15, 0.2) is 12.7 Å². The number of unbranched alkanes of at least 4 members (excludes halogenated alkanes) is 2. The van der Waals surface area contributed by atoms with E-state index in [0.29, 0.717) is 0 Å². The third kappa shape index (κ3) is 4.77. The van der Waals surface area contributed by atoms with Crippen LogP contribution in [0.25, 0.3) is 0 Å². The molecule has 2 heterocycles. The second-order valence-corrected chi connectivity index (χ2v) is 7.04. The van der Waals surface area contributed by atoms with E-state index in [1.807, 2.05) is 26.8 Å². The molecule has 2 aliphatic heterocycles. The summed E-state index contributed by atoms with van der Waals surface area (Å²) in [5.41, 5.74) is 0. The van der Waals surface area contributed by atoms with Gasteiger partial charge in [0.05, 0.1) is 12.2 Å². The lowest BCUT2D eigenvalue weighted by molar-refractivity contribution is -0.287. The molecule has 0 bridgehead atoms. The Bertz CT molecular complexity index is 384. The van der Waals surface area contributed by atoms with Crippen LogP contribution in [0.5, 0.6) is 0 Å². The third-order valence-electron chi connectivity index (χ3n) is 4.48. The minimum atomic E-state index is -0.850. The zero-order chi connectivity index (χ0) is 17.0.